The lowest BCUT2D eigenvalue weighted by Gasteiger charge is -2.15. The number of hydrogen-bond acceptors (Lipinski definition) is 2. The van der Waals surface area contributed by atoms with Crippen molar-refractivity contribution in [2.75, 3.05) is 6.54 Å². The first-order valence-electron chi connectivity index (χ1n) is 6.22. The van der Waals surface area contributed by atoms with Crippen LogP contribution < -0.4 is 5.32 Å². The molecule has 0 amide bonds. The van der Waals surface area contributed by atoms with Crippen LogP contribution in [0.2, 0.25) is 0 Å². The first kappa shape index (κ1) is 11.9. The molecule has 2 nitrogen and oxygen atoms in total. The second-order valence-electron chi connectivity index (χ2n) is 4.06. The van der Waals surface area contributed by atoms with Crippen molar-refractivity contribution in [1.82, 2.24) is 5.32 Å². The minimum absolute atomic E-state index is 0.154. The molecule has 1 N–H and O–H groups in total. The van der Waals surface area contributed by atoms with Gasteiger partial charge in [-0.25, -0.2) is 0 Å². The van der Waals surface area contributed by atoms with Gasteiger partial charge in [0.05, 0.1) is 6.04 Å². The maximum absolute atomic E-state index is 5.84. The lowest BCUT2D eigenvalue weighted by Crippen LogP contribution is -2.21. The number of aryl methyl sites for hydroxylation is 1. The summed E-state index contributed by atoms with van der Waals surface area (Å²) in [6.45, 7) is 5.13. The van der Waals surface area contributed by atoms with E-state index in [4.69, 9.17) is 4.42 Å². The average Bonchev–Trinajstić information content (AvgIpc) is 2.85. The second-order valence-corrected chi connectivity index (χ2v) is 4.06. The molecule has 0 saturated carbocycles. The van der Waals surface area contributed by atoms with Gasteiger partial charge in [-0.2, -0.15) is 0 Å². The Morgan fingerprint density at radius 3 is 2.41 bits per heavy atom. The van der Waals surface area contributed by atoms with Gasteiger partial charge in [0.25, 0.3) is 0 Å². The number of hydrogen-bond donors (Lipinski definition) is 1. The van der Waals surface area contributed by atoms with Gasteiger partial charge in [-0.15, -0.1) is 0 Å². The molecule has 90 valence electrons. The van der Waals surface area contributed by atoms with Crippen LogP contribution in [0.5, 0.6) is 0 Å². The summed E-state index contributed by atoms with van der Waals surface area (Å²) in [5.41, 5.74) is 1.24. The van der Waals surface area contributed by atoms with E-state index in [1.165, 1.54) is 5.56 Å². The third-order valence-corrected chi connectivity index (χ3v) is 2.86. The van der Waals surface area contributed by atoms with E-state index in [1.807, 2.05) is 6.07 Å². The van der Waals surface area contributed by atoms with Gasteiger partial charge in [0.1, 0.15) is 11.5 Å². The Bertz CT molecular complexity index is 447. The minimum atomic E-state index is 0.154. The predicted octanol–water partition coefficient (Wildman–Crippen LogP) is 3.54. The Hall–Kier alpha value is -1.54. The molecule has 1 aromatic heterocycles. The monoisotopic (exact) mass is 229 g/mol. The number of rotatable bonds is 5. The van der Waals surface area contributed by atoms with E-state index in [-0.39, 0.29) is 6.04 Å². The lowest BCUT2D eigenvalue weighted by atomic mass is 10.0. The third-order valence-electron chi connectivity index (χ3n) is 2.86. The van der Waals surface area contributed by atoms with Crippen molar-refractivity contribution in [3.05, 3.63) is 59.5 Å². The van der Waals surface area contributed by atoms with Gasteiger partial charge in [-0.1, -0.05) is 44.2 Å². The molecule has 0 bridgehead atoms. The number of benzene rings is 1. The van der Waals surface area contributed by atoms with Crippen LogP contribution in [0.1, 0.15) is 37.0 Å². The molecule has 0 saturated heterocycles. The molecule has 1 heterocycles. The molecule has 1 atom stereocenters. The first-order valence-corrected chi connectivity index (χ1v) is 6.22. The molecule has 1 unspecified atom stereocenters. The smallest absolute Gasteiger partial charge is 0.125 e. The summed E-state index contributed by atoms with van der Waals surface area (Å²) in [6.07, 6.45) is 0.938. The van der Waals surface area contributed by atoms with Crippen molar-refractivity contribution in [3.63, 3.8) is 0 Å². The van der Waals surface area contributed by atoms with Crippen LogP contribution >= 0.6 is 0 Å². The Morgan fingerprint density at radius 2 is 1.82 bits per heavy atom. The Morgan fingerprint density at radius 1 is 1.06 bits per heavy atom. The van der Waals surface area contributed by atoms with Gasteiger partial charge in [0.15, 0.2) is 0 Å². The van der Waals surface area contributed by atoms with Crippen molar-refractivity contribution < 1.29 is 4.42 Å². The van der Waals surface area contributed by atoms with E-state index < -0.39 is 0 Å². The van der Waals surface area contributed by atoms with E-state index >= 15 is 0 Å². The molecule has 2 aromatic rings. The molecular formula is C15H19NO. The van der Waals surface area contributed by atoms with Crippen molar-refractivity contribution >= 4 is 0 Å². The van der Waals surface area contributed by atoms with E-state index in [1.54, 1.807) is 0 Å². The third kappa shape index (κ3) is 2.77. The normalized spacial score (nSPS) is 12.6. The van der Waals surface area contributed by atoms with Gasteiger partial charge in [-0.05, 0) is 24.2 Å². The van der Waals surface area contributed by atoms with Crippen LogP contribution in [0.3, 0.4) is 0 Å². The van der Waals surface area contributed by atoms with Crippen LogP contribution in [0.25, 0.3) is 0 Å². The fourth-order valence-corrected chi connectivity index (χ4v) is 1.97. The van der Waals surface area contributed by atoms with Gasteiger partial charge >= 0.3 is 0 Å². The topological polar surface area (TPSA) is 25.2 Å². The molecular weight excluding hydrogens is 210 g/mol. The summed E-state index contributed by atoms with van der Waals surface area (Å²) in [6, 6.07) is 14.7. The highest BCUT2D eigenvalue weighted by Crippen LogP contribution is 2.23. The molecule has 0 aliphatic rings. The SMILES string of the molecule is CCNC(c1ccccc1)c1ccc(CC)o1. The van der Waals surface area contributed by atoms with E-state index in [0.717, 1.165) is 24.5 Å². The predicted molar refractivity (Wildman–Crippen MR) is 70.0 cm³/mol. The lowest BCUT2D eigenvalue weighted by molar-refractivity contribution is 0.426. The van der Waals surface area contributed by atoms with Crippen LogP contribution in [-0.2, 0) is 6.42 Å². The van der Waals surface area contributed by atoms with Crippen LogP contribution in [0.4, 0.5) is 0 Å². The quantitative estimate of drug-likeness (QED) is 0.848. The maximum atomic E-state index is 5.84. The summed E-state index contributed by atoms with van der Waals surface area (Å²) < 4.78 is 5.84. The van der Waals surface area contributed by atoms with Gasteiger partial charge in [0, 0.05) is 6.42 Å². The van der Waals surface area contributed by atoms with E-state index in [9.17, 15) is 0 Å². The molecule has 0 aliphatic carbocycles. The molecule has 0 aliphatic heterocycles. The first-order chi connectivity index (χ1) is 8.35. The maximum Gasteiger partial charge on any atom is 0.125 e. The van der Waals surface area contributed by atoms with Crippen molar-refractivity contribution in [2.24, 2.45) is 0 Å². The van der Waals surface area contributed by atoms with Crippen molar-refractivity contribution in [2.45, 2.75) is 26.3 Å². The highest BCUT2D eigenvalue weighted by atomic mass is 16.3. The standard InChI is InChI=1S/C15H19NO/c1-3-13-10-11-14(17-13)15(16-4-2)12-8-6-5-7-9-12/h5-11,15-16H,3-4H2,1-2H3. The molecule has 2 heteroatoms. The highest BCUT2D eigenvalue weighted by Gasteiger charge is 2.16. The fourth-order valence-electron chi connectivity index (χ4n) is 1.97. The zero-order valence-electron chi connectivity index (χ0n) is 10.4. The largest absolute Gasteiger partial charge is 0.464 e. The number of furan rings is 1. The summed E-state index contributed by atoms with van der Waals surface area (Å²) in [5, 5.41) is 3.46. The van der Waals surface area contributed by atoms with E-state index in [0.29, 0.717) is 0 Å². The van der Waals surface area contributed by atoms with Gasteiger partial charge in [0.2, 0.25) is 0 Å². The van der Waals surface area contributed by atoms with Gasteiger partial charge < -0.3 is 9.73 Å². The Kier molecular flexibility index (Phi) is 3.99. The summed E-state index contributed by atoms with van der Waals surface area (Å²) in [7, 11) is 0. The Balaban J connectivity index is 2.28. The van der Waals surface area contributed by atoms with Crippen molar-refractivity contribution in [1.29, 1.82) is 0 Å². The Labute approximate surface area is 103 Å². The molecule has 0 spiro atoms. The second kappa shape index (κ2) is 5.69. The van der Waals surface area contributed by atoms with Crippen molar-refractivity contribution in [3.8, 4) is 0 Å². The van der Waals surface area contributed by atoms with Crippen LogP contribution in [-0.4, -0.2) is 6.54 Å². The zero-order chi connectivity index (χ0) is 12.1. The summed E-state index contributed by atoms with van der Waals surface area (Å²) in [5.74, 6) is 2.04. The van der Waals surface area contributed by atoms with Crippen LogP contribution in [0, 0.1) is 0 Å². The molecule has 0 fully saturated rings. The molecule has 17 heavy (non-hydrogen) atoms. The molecule has 2 rings (SSSR count). The fraction of sp³-hybridized carbons (Fsp3) is 0.333. The summed E-state index contributed by atoms with van der Waals surface area (Å²) in [4.78, 5) is 0. The minimum Gasteiger partial charge on any atom is -0.464 e. The van der Waals surface area contributed by atoms with Crippen LogP contribution in [0.15, 0.2) is 46.9 Å². The molecule has 0 radical (unpaired) electrons. The van der Waals surface area contributed by atoms with E-state index in [2.05, 4.69) is 55.6 Å². The summed E-state index contributed by atoms with van der Waals surface area (Å²) >= 11 is 0. The van der Waals surface area contributed by atoms with Gasteiger partial charge in [-0.3, -0.25) is 0 Å². The molecule has 1 aromatic carbocycles. The average molecular weight is 229 g/mol. The highest BCUT2D eigenvalue weighted by molar-refractivity contribution is 5.27. The number of nitrogens with one attached hydrogen (secondary N) is 1. The zero-order valence-corrected chi connectivity index (χ0v) is 10.4.